The first-order valence-electron chi connectivity index (χ1n) is 8.05. The number of nitrogens with zero attached hydrogens (tertiary/aromatic N) is 1. The average Bonchev–Trinajstić information content (AvgIpc) is 2.92. The van der Waals surface area contributed by atoms with E-state index in [-0.39, 0.29) is 18.3 Å². The summed E-state index contributed by atoms with van der Waals surface area (Å²) in [5.74, 6) is 2.03. The monoisotopic (exact) mass is 324 g/mol. The van der Waals surface area contributed by atoms with Crippen LogP contribution in [0.1, 0.15) is 38.7 Å². The largest absolute Gasteiger partial charge is 0.342 e. The van der Waals surface area contributed by atoms with E-state index >= 15 is 0 Å². The lowest BCUT2D eigenvalue weighted by atomic mass is 9.89. The van der Waals surface area contributed by atoms with Crippen molar-refractivity contribution in [3.8, 4) is 0 Å². The second kappa shape index (κ2) is 8.54. The summed E-state index contributed by atoms with van der Waals surface area (Å²) in [7, 11) is 0. The van der Waals surface area contributed by atoms with Crippen LogP contribution >= 0.6 is 12.4 Å². The molecule has 0 radical (unpaired) electrons. The van der Waals surface area contributed by atoms with E-state index < -0.39 is 0 Å². The Bertz CT molecular complexity index is 463. The molecule has 0 aromatic heterocycles. The fourth-order valence-electron chi connectivity index (χ4n) is 3.03. The highest BCUT2D eigenvalue weighted by Gasteiger charge is 2.35. The zero-order valence-corrected chi connectivity index (χ0v) is 14.7. The number of carbonyl (C=O) groups is 1. The van der Waals surface area contributed by atoms with Gasteiger partial charge in [-0.1, -0.05) is 51.1 Å². The van der Waals surface area contributed by atoms with Crippen LogP contribution in [0, 0.1) is 17.8 Å². The maximum Gasteiger partial charge on any atom is 0.222 e. The first kappa shape index (κ1) is 19.0. The molecule has 1 aliphatic heterocycles. The fourth-order valence-corrected chi connectivity index (χ4v) is 3.03. The van der Waals surface area contributed by atoms with Crippen LogP contribution in [0.3, 0.4) is 0 Å². The van der Waals surface area contributed by atoms with E-state index in [4.69, 9.17) is 5.73 Å². The zero-order valence-electron chi connectivity index (χ0n) is 13.9. The summed E-state index contributed by atoms with van der Waals surface area (Å²) >= 11 is 0. The highest BCUT2D eigenvalue weighted by atomic mass is 35.5. The van der Waals surface area contributed by atoms with Crippen molar-refractivity contribution in [3.05, 3.63) is 35.9 Å². The summed E-state index contributed by atoms with van der Waals surface area (Å²) in [5, 5.41) is 0. The quantitative estimate of drug-likeness (QED) is 0.903. The molecule has 1 unspecified atom stereocenters. The van der Waals surface area contributed by atoms with Crippen molar-refractivity contribution in [1.82, 2.24) is 4.90 Å². The van der Waals surface area contributed by atoms with E-state index in [0.29, 0.717) is 36.6 Å². The molecule has 3 nitrogen and oxygen atoms in total. The highest BCUT2D eigenvalue weighted by molar-refractivity contribution is 5.85. The second-order valence-electron chi connectivity index (χ2n) is 6.74. The molecule has 1 amide bonds. The van der Waals surface area contributed by atoms with E-state index in [1.165, 1.54) is 5.56 Å². The molecule has 1 saturated heterocycles. The van der Waals surface area contributed by atoms with Gasteiger partial charge in [0.2, 0.25) is 5.91 Å². The average molecular weight is 325 g/mol. The van der Waals surface area contributed by atoms with Crippen molar-refractivity contribution in [3.63, 3.8) is 0 Å². The Morgan fingerprint density at radius 2 is 1.86 bits per heavy atom. The van der Waals surface area contributed by atoms with E-state index in [0.717, 1.165) is 13.1 Å². The lowest BCUT2D eigenvalue weighted by Gasteiger charge is -2.21. The molecular weight excluding hydrogens is 296 g/mol. The van der Waals surface area contributed by atoms with Crippen LogP contribution in [0.2, 0.25) is 0 Å². The molecule has 1 fully saturated rings. The molecule has 0 bridgehead atoms. The number of hydrogen-bond donors (Lipinski definition) is 1. The van der Waals surface area contributed by atoms with Gasteiger partial charge in [0.1, 0.15) is 0 Å². The first-order chi connectivity index (χ1) is 10.0. The van der Waals surface area contributed by atoms with Crippen LogP contribution in [0.15, 0.2) is 30.3 Å². The summed E-state index contributed by atoms with van der Waals surface area (Å²) in [5.41, 5.74) is 7.24. The standard InChI is InChI=1S/C18H28N2O.ClH/c1-13(2)14(3)9-18(21)20-11-16(10-19)17(12-20)15-7-5-4-6-8-15;/h4-8,13-14,16-17H,9-12,19H2,1-3H3;1H/t14?,16-,17+;/m1./s1. The summed E-state index contributed by atoms with van der Waals surface area (Å²) in [6.45, 7) is 8.78. The van der Waals surface area contributed by atoms with Crippen LogP contribution in [-0.4, -0.2) is 30.4 Å². The Balaban J connectivity index is 0.00000242. The summed E-state index contributed by atoms with van der Waals surface area (Å²) in [6, 6.07) is 10.5. The lowest BCUT2D eigenvalue weighted by molar-refractivity contribution is -0.131. The van der Waals surface area contributed by atoms with E-state index in [1.807, 2.05) is 11.0 Å². The molecule has 2 N–H and O–H groups in total. The topological polar surface area (TPSA) is 46.3 Å². The third-order valence-corrected chi connectivity index (χ3v) is 4.96. The van der Waals surface area contributed by atoms with Crippen molar-refractivity contribution >= 4 is 18.3 Å². The maximum absolute atomic E-state index is 12.5. The van der Waals surface area contributed by atoms with E-state index in [2.05, 4.69) is 45.0 Å². The predicted molar refractivity (Wildman–Crippen MR) is 94.2 cm³/mol. The third-order valence-electron chi connectivity index (χ3n) is 4.96. The minimum Gasteiger partial charge on any atom is -0.342 e. The van der Waals surface area contributed by atoms with Crippen molar-refractivity contribution in [2.75, 3.05) is 19.6 Å². The molecule has 124 valence electrons. The molecular formula is C18H29ClN2O. The molecule has 3 atom stereocenters. The van der Waals surface area contributed by atoms with Gasteiger partial charge in [0, 0.05) is 25.4 Å². The van der Waals surface area contributed by atoms with Gasteiger partial charge in [-0.05, 0) is 29.9 Å². The Morgan fingerprint density at radius 1 is 1.23 bits per heavy atom. The number of hydrogen-bond acceptors (Lipinski definition) is 2. The molecule has 0 spiro atoms. The summed E-state index contributed by atoms with van der Waals surface area (Å²) < 4.78 is 0. The maximum atomic E-state index is 12.5. The van der Waals surface area contributed by atoms with Crippen molar-refractivity contribution in [2.45, 2.75) is 33.1 Å². The number of halogens is 1. The van der Waals surface area contributed by atoms with Crippen LogP contribution in [-0.2, 0) is 4.79 Å². The molecule has 4 heteroatoms. The van der Waals surface area contributed by atoms with Gasteiger partial charge in [0.25, 0.3) is 0 Å². The minimum absolute atomic E-state index is 0. The number of amides is 1. The Morgan fingerprint density at radius 3 is 2.41 bits per heavy atom. The number of likely N-dealkylation sites (tertiary alicyclic amines) is 1. The molecule has 1 heterocycles. The number of carbonyl (C=O) groups excluding carboxylic acids is 1. The van der Waals surface area contributed by atoms with Gasteiger partial charge in [0.05, 0.1) is 0 Å². The lowest BCUT2D eigenvalue weighted by Crippen LogP contribution is -2.31. The minimum atomic E-state index is 0. The van der Waals surface area contributed by atoms with Gasteiger partial charge in [-0.15, -0.1) is 12.4 Å². The van der Waals surface area contributed by atoms with Gasteiger partial charge >= 0.3 is 0 Å². The first-order valence-corrected chi connectivity index (χ1v) is 8.05. The van der Waals surface area contributed by atoms with Gasteiger partial charge in [-0.3, -0.25) is 4.79 Å². The van der Waals surface area contributed by atoms with Crippen LogP contribution in [0.25, 0.3) is 0 Å². The van der Waals surface area contributed by atoms with Crippen molar-refractivity contribution in [2.24, 2.45) is 23.5 Å². The zero-order chi connectivity index (χ0) is 15.4. The smallest absolute Gasteiger partial charge is 0.222 e. The number of benzene rings is 1. The third kappa shape index (κ3) is 4.47. The number of nitrogens with two attached hydrogens (primary N) is 1. The van der Waals surface area contributed by atoms with Gasteiger partial charge in [-0.25, -0.2) is 0 Å². The molecule has 22 heavy (non-hydrogen) atoms. The van der Waals surface area contributed by atoms with Crippen LogP contribution in [0.4, 0.5) is 0 Å². The van der Waals surface area contributed by atoms with Crippen LogP contribution in [0.5, 0.6) is 0 Å². The van der Waals surface area contributed by atoms with Gasteiger partial charge in [0.15, 0.2) is 0 Å². The second-order valence-corrected chi connectivity index (χ2v) is 6.74. The van der Waals surface area contributed by atoms with Crippen molar-refractivity contribution < 1.29 is 4.79 Å². The molecule has 1 aliphatic rings. The normalized spacial score (nSPS) is 22.5. The highest BCUT2D eigenvalue weighted by Crippen LogP contribution is 2.32. The Hall–Kier alpha value is -1.06. The molecule has 2 rings (SSSR count). The van der Waals surface area contributed by atoms with E-state index in [9.17, 15) is 4.79 Å². The summed E-state index contributed by atoms with van der Waals surface area (Å²) in [4.78, 5) is 14.5. The predicted octanol–water partition coefficient (Wildman–Crippen LogP) is 3.29. The Labute approximate surface area is 140 Å². The fraction of sp³-hybridized carbons (Fsp3) is 0.611. The van der Waals surface area contributed by atoms with E-state index in [1.54, 1.807) is 0 Å². The van der Waals surface area contributed by atoms with Gasteiger partial charge < -0.3 is 10.6 Å². The molecule has 0 saturated carbocycles. The summed E-state index contributed by atoms with van der Waals surface area (Å²) in [6.07, 6.45) is 0.649. The SMILES string of the molecule is CC(C)C(C)CC(=O)N1C[C@@H](CN)[C@H](c2ccccc2)C1.Cl. The van der Waals surface area contributed by atoms with Crippen molar-refractivity contribution in [1.29, 1.82) is 0 Å². The number of rotatable bonds is 5. The molecule has 1 aromatic rings. The van der Waals surface area contributed by atoms with Crippen LogP contribution < -0.4 is 5.73 Å². The molecule has 0 aliphatic carbocycles. The Kier molecular flexibility index (Phi) is 7.37. The van der Waals surface area contributed by atoms with Gasteiger partial charge in [-0.2, -0.15) is 0 Å². The molecule has 1 aromatic carbocycles.